The van der Waals surface area contributed by atoms with Crippen molar-refractivity contribution >= 4 is 21.8 Å². The Kier molecular flexibility index (Phi) is 5.13. The molecule has 0 bridgehead atoms. The predicted molar refractivity (Wildman–Crippen MR) is 97.4 cm³/mol. The van der Waals surface area contributed by atoms with Gasteiger partial charge in [0.05, 0.1) is 12.8 Å². The van der Waals surface area contributed by atoms with Gasteiger partial charge in [-0.25, -0.2) is 0 Å². The molecular formula is C18H21N3O4S. The first-order valence-electron chi connectivity index (χ1n) is 8.34. The minimum atomic E-state index is -3.69. The first-order chi connectivity index (χ1) is 12.4. The minimum Gasteiger partial charge on any atom is -0.469 e. The maximum Gasteiger partial charge on any atom is 0.285 e. The second-order valence-corrected chi connectivity index (χ2v) is 7.90. The fourth-order valence-corrected chi connectivity index (χ4v) is 4.11. The van der Waals surface area contributed by atoms with Crippen LogP contribution in [0.15, 0.2) is 56.4 Å². The normalized spacial score (nSPS) is 15.8. The molecule has 3 rings (SSSR count). The van der Waals surface area contributed by atoms with E-state index in [1.54, 1.807) is 36.4 Å². The maximum absolute atomic E-state index is 12.3. The smallest absolute Gasteiger partial charge is 0.285 e. The predicted octanol–water partition coefficient (Wildman–Crippen LogP) is 1.80. The van der Waals surface area contributed by atoms with Crippen molar-refractivity contribution in [1.29, 1.82) is 0 Å². The number of hydrogen-bond acceptors (Lipinski definition) is 5. The number of sulfonamides is 1. The monoisotopic (exact) mass is 375 g/mol. The van der Waals surface area contributed by atoms with Crippen LogP contribution in [0, 0.1) is 0 Å². The number of likely N-dealkylation sites (N-methyl/N-ethyl adjacent to an activating group) is 1. The molecule has 26 heavy (non-hydrogen) atoms. The van der Waals surface area contributed by atoms with Crippen LogP contribution >= 0.6 is 0 Å². The highest BCUT2D eigenvalue weighted by Crippen LogP contribution is 2.26. The summed E-state index contributed by atoms with van der Waals surface area (Å²) in [6.45, 7) is 1.95. The molecule has 0 saturated carbocycles. The summed E-state index contributed by atoms with van der Waals surface area (Å²) in [5.41, 5.74) is 0.522. The second-order valence-electron chi connectivity index (χ2n) is 6.33. The molecule has 0 radical (unpaired) electrons. The average molecular weight is 375 g/mol. The van der Waals surface area contributed by atoms with Crippen molar-refractivity contribution in [2.24, 2.45) is 4.40 Å². The molecule has 138 valence electrons. The number of amidine groups is 1. The minimum absolute atomic E-state index is 0.0216. The summed E-state index contributed by atoms with van der Waals surface area (Å²) in [4.78, 5) is 14.0. The molecule has 1 aliphatic rings. The number of carbonyl (C=O) groups excluding carboxylic acids is 1. The third kappa shape index (κ3) is 3.96. The molecule has 1 N–H and O–H groups in total. The summed E-state index contributed by atoms with van der Waals surface area (Å²) in [7, 11) is -2.03. The molecule has 1 aromatic carbocycles. The molecule has 1 atom stereocenters. The van der Waals surface area contributed by atoms with E-state index in [1.165, 1.54) is 6.07 Å². The quantitative estimate of drug-likeness (QED) is 0.831. The Labute approximate surface area is 152 Å². The number of hydrogen-bond donors (Lipinski definition) is 1. The summed E-state index contributed by atoms with van der Waals surface area (Å²) in [6.07, 6.45) is 3.12. The van der Waals surface area contributed by atoms with Crippen molar-refractivity contribution in [2.45, 2.75) is 30.7 Å². The molecule has 7 nitrogen and oxygen atoms in total. The molecule has 1 aliphatic heterocycles. The number of rotatable bonds is 6. The highest BCUT2D eigenvalue weighted by atomic mass is 32.2. The van der Waals surface area contributed by atoms with E-state index in [2.05, 4.69) is 9.71 Å². The van der Waals surface area contributed by atoms with E-state index in [0.29, 0.717) is 11.4 Å². The summed E-state index contributed by atoms with van der Waals surface area (Å²) < 4.78 is 33.3. The van der Waals surface area contributed by atoms with Crippen molar-refractivity contribution < 1.29 is 17.6 Å². The molecule has 0 fully saturated rings. The van der Waals surface area contributed by atoms with Crippen LogP contribution in [-0.4, -0.2) is 44.7 Å². The zero-order chi connectivity index (χ0) is 18.7. The van der Waals surface area contributed by atoms with Gasteiger partial charge in [0.15, 0.2) is 5.84 Å². The number of aryl methyl sites for hydroxylation is 1. The first-order valence-corrected chi connectivity index (χ1v) is 9.78. The Morgan fingerprint density at radius 1 is 1.27 bits per heavy atom. The van der Waals surface area contributed by atoms with Crippen molar-refractivity contribution in [3.8, 4) is 0 Å². The lowest BCUT2D eigenvalue weighted by molar-refractivity contribution is -0.121. The molecule has 8 heteroatoms. The third-order valence-corrected chi connectivity index (χ3v) is 5.49. The Balaban J connectivity index is 1.58. The van der Waals surface area contributed by atoms with Crippen LogP contribution in [0.2, 0.25) is 0 Å². The van der Waals surface area contributed by atoms with E-state index in [0.717, 1.165) is 18.6 Å². The summed E-state index contributed by atoms with van der Waals surface area (Å²) >= 11 is 0. The van der Waals surface area contributed by atoms with Gasteiger partial charge in [0.1, 0.15) is 10.7 Å². The molecule has 0 unspecified atom stereocenters. The number of benzene rings is 1. The number of furan rings is 1. The van der Waals surface area contributed by atoms with Crippen LogP contribution in [0.5, 0.6) is 0 Å². The van der Waals surface area contributed by atoms with E-state index in [-0.39, 0.29) is 23.4 Å². The summed E-state index contributed by atoms with van der Waals surface area (Å²) in [5.74, 6) is 0.980. The van der Waals surface area contributed by atoms with Crippen LogP contribution < -0.4 is 5.32 Å². The topological polar surface area (TPSA) is 92.0 Å². The maximum atomic E-state index is 12.3. The summed E-state index contributed by atoms with van der Waals surface area (Å²) in [5, 5.41) is 2.91. The van der Waals surface area contributed by atoms with E-state index in [4.69, 9.17) is 4.42 Å². The van der Waals surface area contributed by atoms with Crippen LogP contribution in [0.25, 0.3) is 0 Å². The van der Waals surface area contributed by atoms with Gasteiger partial charge in [-0.3, -0.25) is 4.79 Å². The van der Waals surface area contributed by atoms with Crippen molar-refractivity contribution in [2.75, 3.05) is 13.6 Å². The number of nitrogens with one attached hydrogen (secondary N) is 1. The van der Waals surface area contributed by atoms with Crippen molar-refractivity contribution in [1.82, 2.24) is 10.2 Å². The fourth-order valence-electron chi connectivity index (χ4n) is 2.86. The highest BCUT2D eigenvalue weighted by Gasteiger charge is 2.30. The largest absolute Gasteiger partial charge is 0.469 e. The van der Waals surface area contributed by atoms with Gasteiger partial charge in [-0.05, 0) is 37.6 Å². The Bertz CT molecular complexity index is 920. The van der Waals surface area contributed by atoms with Gasteiger partial charge in [-0.2, -0.15) is 8.42 Å². The zero-order valence-electron chi connectivity index (χ0n) is 14.7. The average Bonchev–Trinajstić information content (AvgIpc) is 3.19. The number of carbonyl (C=O) groups is 1. The van der Waals surface area contributed by atoms with E-state index >= 15 is 0 Å². The van der Waals surface area contributed by atoms with Gasteiger partial charge in [0, 0.05) is 25.1 Å². The first kappa shape index (κ1) is 18.2. The lowest BCUT2D eigenvalue weighted by atomic mass is 10.1. The highest BCUT2D eigenvalue weighted by molar-refractivity contribution is 7.90. The second kappa shape index (κ2) is 7.33. The van der Waals surface area contributed by atoms with E-state index < -0.39 is 10.0 Å². The molecule has 0 aliphatic carbocycles. The van der Waals surface area contributed by atoms with Gasteiger partial charge < -0.3 is 14.6 Å². The van der Waals surface area contributed by atoms with E-state index in [1.807, 2.05) is 19.1 Å². The molecule has 0 spiro atoms. The number of nitrogens with zero attached hydrogens (tertiary/aromatic N) is 2. The van der Waals surface area contributed by atoms with Gasteiger partial charge in [-0.15, -0.1) is 4.40 Å². The molecule has 2 aromatic rings. The summed E-state index contributed by atoms with van der Waals surface area (Å²) in [6, 6.07) is 10.3. The molecule has 2 heterocycles. The fraction of sp³-hybridized carbons (Fsp3) is 0.333. The lowest BCUT2D eigenvalue weighted by Gasteiger charge is -2.20. The molecule has 0 saturated heterocycles. The standard InChI is InChI=1S/C18H21N3O4S/c1-13(9-10-14-6-5-11-25-14)19-17(22)12-21(2)18-15-7-3-4-8-16(15)26(23,24)20-18/h3-8,11,13H,9-10,12H2,1-2H3,(H,19,22)/t13-/m0/s1. The van der Waals surface area contributed by atoms with Crippen molar-refractivity contribution in [3.05, 3.63) is 54.0 Å². The van der Waals surface area contributed by atoms with Crippen LogP contribution in [0.4, 0.5) is 0 Å². The Hall–Kier alpha value is -2.61. The lowest BCUT2D eigenvalue weighted by Crippen LogP contribution is -2.41. The van der Waals surface area contributed by atoms with Crippen LogP contribution in [0.3, 0.4) is 0 Å². The number of amides is 1. The van der Waals surface area contributed by atoms with Crippen LogP contribution in [-0.2, 0) is 21.2 Å². The zero-order valence-corrected chi connectivity index (χ0v) is 15.5. The molecule has 1 aromatic heterocycles. The number of fused-ring (bicyclic) bond motifs is 1. The van der Waals surface area contributed by atoms with Crippen molar-refractivity contribution in [3.63, 3.8) is 0 Å². The Morgan fingerprint density at radius 3 is 2.77 bits per heavy atom. The molecular weight excluding hydrogens is 354 g/mol. The molecule has 1 amide bonds. The van der Waals surface area contributed by atoms with Gasteiger partial charge in [0.2, 0.25) is 5.91 Å². The van der Waals surface area contributed by atoms with Gasteiger partial charge >= 0.3 is 0 Å². The Morgan fingerprint density at radius 2 is 2.04 bits per heavy atom. The van der Waals surface area contributed by atoms with Gasteiger partial charge in [-0.1, -0.05) is 12.1 Å². The third-order valence-electron chi connectivity index (χ3n) is 4.17. The SMILES string of the molecule is C[C@@H](CCc1ccco1)NC(=O)CN(C)C1=NS(=O)(=O)c2ccccc21. The van der Waals surface area contributed by atoms with Crippen LogP contribution in [0.1, 0.15) is 24.7 Å². The van der Waals surface area contributed by atoms with E-state index in [9.17, 15) is 13.2 Å². The van der Waals surface area contributed by atoms with Gasteiger partial charge in [0.25, 0.3) is 10.0 Å².